The van der Waals surface area contributed by atoms with Crippen LogP contribution in [-0.2, 0) is 12.8 Å². The molecule has 3 rings (SSSR count). The van der Waals surface area contributed by atoms with Gasteiger partial charge >= 0.3 is 6.03 Å². The monoisotopic (exact) mass is 338 g/mol. The number of aryl methyl sites for hydroxylation is 3. The Balaban J connectivity index is 1.86. The molecule has 0 bridgehead atoms. The maximum absolute atomic E-state index is 13.0. The predicted octanol–water partition coefficient (Wildman–Crippen LogP) is 4.07. The van der Waals surface area contributed by atoms with E-state index in [2.05, 4.69) is 24.4 Å². The fourth-order valence-corrected chi connectivity index (χ4v) is 3.75. The first-order chi connectivity index (χ1) is 12.2. The Morgan fingerprint density at radius 3 is 2.80 bits per heavy atom. The molecule has 132 valence electrons. The van der Waals surface area contributed by atoms with Crippen LogP contribution in [0.5, 0.6) is 0 Å². The fraction of sp³-hybridized carbons (Fsp3) is 0.381. The van der Waals surface area contributed by atoms with E-state index in [1.807, 2.05) is 37.3 Å². The maximum Gasteiger partial charge on any atom is 0.322 e. The van der Waals surface area contributed by atoms with Gasteiger partial charge in [-0.05, 0) is 48.4 Å². The van der Waals surface area contributed by atoms with Crippen LogP contribution in [0.2, 0.25) is 0 Å². The first-order valence-corrected chi connectivity index (χ1v) is 9.00. The number of hydrogen-bond acceptors (Lipinski definition) is 2. The van der Waals surface area contributed by atoms with E-state index >= 15 is 0 Å². The van der Waals surface area contributed by atoms with Gasteiger partial charge in [0.2, 0.25) is 0 Å². The highest BCUT2D eigenvalue weighted by Gasteiger charge is 2.30. The van der Waals surface area contributed by atoms with Gasteiger partial charge in [0.1, 0.15) is 0 Å². The number of anilines is 1. The molecule has 1 aliphatic rings. The molecular weight excluding hydrogens is 312 g/mol. The Bertz CT molecular complexity index is 757. The molecule has 0 aliphatic heterocycles. The first-order valence-electron chi connectivity index (χ1n) is 9.00. The summed E-state index contributed by atoms with van der Waals surface area (Å²) in [6.45, 7) is 4.39. The van der Waals surface area contributed by atoms with Crippen LogP contribution >= 0.6 is 0 Å². The van der Waals surface area contributed by atoms with E-state index in [0.717, 1.165) is 36.1 Å². The number of nitrogens with zero attached hydrogens (tertiary/aromatic N) is 1. The number of aliphatic hydroxyl groups is 1. The topological polar surface area (TPSA) is 52.6 Å². The number of benzene rings is 2. The fourth-order valence-electron chi connectivity index (χ4n) is 3.75. The third-order valence-corrected chi connectivity index (χ3v) is 5.05. The Morgan fingerprint density at radius 2 is 2.04 bits per heavy atom. The van der Waals surface area contributed by atoms with Crippen LogP contribution in [0.3, 0.4) is 0 Å². The van der Waals surface area contributed by atoms with Crippen molar-refractivity contribution in [3.8, 4) is 0 Å². The maximum atomic E-state index is 13.0. The van der Waals surface area contributed by atoms with E-state index < -0.39 is 0 Å². The van der Waals surface area contributed by atoms with Crippen molar-refractivity contribution in [2.45, 2.75) is 39.2 Å². The van der Waals surface area contributed by atoms with Crippen LogP contribution in [0, 0.1) is 6.92 Å². The van der Waals surface area contributed by atoms with Crippen molar-refractivity contribution in [1.82, 2.24) is 4.90 Å². The quantitative estimate of drug-likeness (QED) is 0.863. The van der Waals surface area contributed by atoms with Crippen LogP contribution < -0.4 is 5.32 Å². The van der Waals surface area contributed by atoms with Crippen molar-refractivity contribution < 1.29 is 9.90 Å². The van der Waals surface area contributed by atoms with E-state index in [9.17, 15) is 9.90 Å². The number of para-hydroxylation sites is 1. The van der Waals surface area contributed by atoms with E-state index in [4.69, 9.17) is 0 Å². The van der Waals surface area contributed by atoms with E-state index in [0.29, 0.717) is 6.54 Å². The summed E-state index contributed by atoms with van der Waals surface area (Å²) in [5, 5.41) is 12.6. The molecule has 4 nitrogen and oxygen atoms in total. The standard InChI is InChI=1S/C21H26N2O2/c1-3-16-9-6-7-15(2)20(16)22-21(25)23(13-14-24)19-12-11-17-8-4-5-10-18(17)19/h4-10,19,24H,3,11-14H2,1-2H3,(H,22,25). The van der Waals surface area contributed by atoms with E-state index in [1.165, 1.54) is 11.1 Å². The van der Waals surface area contributed by atoms with Gasteiger partial charge in [-0.3, -0.25) is 0 Å². The normalized spacial score (nSPS) is 15.7. The zero-order chi connectivity index (χ0) is 17.8. The van der Waals surface area contributed by atoms with Crippen LogP contribution in [0.25, 0.3) is 0 Å². The van der Waals surface area contributed by atoms with Gasteiger partial charge < -0.3 is 15.3 Å². The summed E-state index contributed by atoms with van der Waals surface area (Å²) >= 11 is 0. The molecule has 4 heteroatoms. The summed E-state index contributed by atoms with van der Waals surface area (Å²) in [6.07, 6.45) is 2.74. The van der Waals surface area contributed by atoms with Gasteiger partial charge in [0.05, 0.1) is 12.6 Å². The zero-order valence-corrected chi connectivity index (χ0v) is 15.0. The van der Waals surface area contributed by atoms with Gasteiger partial charge in [-0.2, -0.15) is 0 Å². The zero-order valence-electron chi connectivity index (χ0n) is 15.0. The molecule has 0 heterocycles. The van der Waals surface area contributed by atoms with Gasteiger partial charge in [0.15, 0.2) is 0 Å². The highest BCUT2D eigenvalue weighted by atomic mass is 16.3. The van der Waals surface area contributed by atoms with Crippen molar-refractivity contribution in [1.29, 1.82) is 0 Å². The molecule has 2 amide bonds. The minimum atomic E-state index is -0.139. The molecule has 0 radical (unpaired) electrons. The summed E-state index contributed by atoms with van der Waals surface area (Å²) in [7, 11) is 0. The van der Waals surface area contributed by atoms with Crippen molar-refractivity contribution in [3.05, 3.63) is 64.7 Å². The Hall–Kier alpha value is -2.33. The second-order valence-corrected chi connectivity index (χ2v) is 6.56. The van der Waals surface area contributed by atoms with Gasteiger partial charge in [-0.15, -0.1) is 0 Å². The van der Waals surface area contributed by atoms with Gasteiger partial charge in [0, 0.05) is 12.2 Å². The van der Waals surface area contributed by atoms with Crippen LogP contribution in [0.4, 0.5) is 10.5 Å². The third-order valence-electron chi connectivity index (χ3n) is 5.05. The lowest BCUT2D eigenvalue weighted by molar-refractivity contribution is 0.162. The number of amides is 2. The number of hydrogen-bond donors (Lipinski definition) is 2. The van der Waals surface area contributed by atoms with Crippen LogP contribution in [-0.4, -0.2) is 29.2 Å². The molecule has 25 heavy (non-hydrogen) atoms. The number of fused-ring (bicyclic) bond motifs is 1. The van der Waals surface area contributed by atoms with Gasteiger partial charge in [0.25, 0.3) is 0 Å². The van der Waals surface area contributed by atoms with Crippen LogP contribution in [0.15, 0.2) is 42.5 Å². The summed E-state index contributed by atoms with van der Waals surface area (Å²) < 4.78 is 0. The molecular formula is C21H26N2O2. The SMILES string of the molecule is CCc1cccc(C)c1NC(=O)N(CCO)C1CCc2ccccc21. The average molecular weight is 338 g/mol. The first kappa shape index (κ1) is 17.5. The highest BCUT2D eigenvalue weighted by molar-refractivity contribution is 5.91. The average Bonchev–Trinajstić information content (AvgIpc) is 3.05. The van der Waals surface area contributed by atoms with Crippen molar-refractivity contribution in [2.24, 2.45) is 0 Å². The highest BCUT2D eigenvalue weighted by Crippen LogP contribution is 2.36. The molecule has 0 saturated carbocycles. The number of nitrogens with one attached hydrogen (secondary N) is 1. The Kier molecular flexibility index (Phi) is 5.39. The molecule has 1 unspecified atom stereocenters. The predicted molar refractivity (Wildman–Crippen MR) is 101 cm³/mol. The van der Waals surface area contributed by atoms with Crippen LogP contribution in [0.1, 0.15) is 41.6 Å². The number of aliphatic hydroxyl groups excluding tert-OH is 1. The molecule has 0 fully saturated rings. The number of urea groups is 1. The molecule has 2 aromatic carbocycles. The summed E-state index contributed by atoms with van der Waals surface area (Å²) in [4.78, 5) is 14.8. The minimum absolute atomic E-state index is 0.0254. The largest absolute Gasteiger partial charge is 0.395 e. The molecule has 2 aromatic rings. The minimum Gasteiger partial charge on any atom is -0.395 e. The van der Waals surface area contributed by atoms with E-state index in [1.54, 1.807) is 4.90 Å². The van der Waals surface area contributed by atoms with Gasteiger partial charge in [-0.1, -0.05) is 49.4 Å². The number of carbonyl (C=O) groups is 1. The third kappa shape index (κ3) is 3.54. The smallest absolute Gasteiger partial charge is 0.322 e. The van der Waals surface area contributed by atoms with Crippen molar-refractivity contribution >= 4 is 11.7 Å². The molecule has 0 saturated heterocycles. The molecule has 2 N–H and O–H groups in total. The lowest BCUT2D eigenvalue weighted by atomic mass is 10.1. The van der Waals surface area contributed by atoms with Crippen molar-refractivity contribution in [3.63, 3.8) is 0 Å². The number of rotatable bonds is 5. The summed E-state index contributed by atoms with van der Waals surface area (Å²) in [5.74, 6) is 0. The molecule has 0 spiro atoms. The second kappa shape index (κ2) is 7.70. The molecule has 1 atom stereocenters. The summed E-state index contributed by atoms with van der Waals surface area (Å²) in [6, 6.07) is 14.2. The van der Waals surface area contributed by atoms with Gasteiger partial charge in [-0.25, -0.2) is 4.79 Å². The van der Waals surface area contributed by atoms with E-state index in [-0.39, 0.29) is 18.7 Å². The van der Waals surface area contributed by atoms with Crippen molar-refractivity contribution in [2.75, 3.05) is 18.5 Å². The Morgan fingerprint density at radius 1 is 1.24 bits per heavy atom. The lowest BCUT2D eigenvalue weighted by Gasteiger charge is -2.30. The number of carbonyl (C=O) groups excluding carboxylic acids is 1. The molecule has 0 aromatic heterocycles. The second-order valence-electron chi connectivity index (χ2n) is 6.56. The lowest BCUT2D eigenvalue weighted by Crippen LogP contribution is -2.39. The molecule has 1 aliphatic carbocycles. The summed E-state index contributed by atoms with van der Waals surface area (Å²) in [5.41, 5.74) is 5.58. The Labute approximate surface area is 149 Å².